The summed E-state index contributed by atoms with van der Waals surface area (Å²) >= 11 is 0. The molecule has 3 N–H and O–H groups in total. The maximum Gasteiger partial charge on any atom is 0.267 e. The van der Waals surface area contributed by atoms with Gasteiger partial charge >= 0.3 is 0 Å². The van der Waals surface area contributed by atoms with Crippen LogP contribution in [0.25, 0.3) is 0 Å². The van der Waals surface area contributed by atoms with Crippen molar-refractivity contribution in [3.63, 3.8) is 0 Å². The molecule has 0 radical (unpaired) electrons. The number of aliphatic hydroxyl groups excluding tert-OH is 1. The monoisotopic (exact) mass is 605 g/mol. The number of unbranched alkanes of at least 4 members (excludes halogenated alkanes) is 9. The molecular formula is C35H59NO5S. The van der Waals surface area contributed by atoms with E-state index in [0.717, 1.165) is 51.4 Å². The van der Waals surface area contributed by atoms with E-state index < -0.39 is 28.0 Å². The molecule has 240 valence electrons. The third kappa shape index (κ3) is 29.3. The lowest BCUT2D eigenvalue weighted by Gasteiger charge is -2.21. The first-order valence-electron chi connectivity index (χ1n) is 16.1. The molecule has 2 atom stereocenters. The second-order valence-corrected chi connectivity index (χ2v) is 12.2. The predicted molar refractivity (Wildman–Crippen MR) is 179 cm³/mol. The van der Waals surface area contributed by atoms with E-state index in [-0.39, 0.29) is 12.3 Å². The topological polar surface area (TPSA) is 104 Å². The molecular weight excluding hydrogens is 546 g/mol. The highest BCUT2D eigenvalue weighted by Gasteiger charge is 2.24. The maximum atomic E-state index is 12.4. The predicted octanol–water partition coefficient (Wildman–Crippen LogP) is 8.73. The Morgan fingerprint density at radius 1 is 0.667 bits per heavy atom. The molecule has 0 heterocycles. The zero-order valence-electron chi connectivity index (χ0n) is 26.3. The zero-order valence-corrected chi connectivity index (χ0v) is 27.2. The van der Waals surface area contributed by atoms with Crippen molar-refractivity contribution in [1.82, 2.24) is 5.32 Å². The SMILES string of the molecule is CC/C=C\C/C=C\C/C=C\C/C=C\CCCCC(=O)NC(CS(=O)(=O)O)C(O)/C=C/CC/C=C/CCCCCCCC. The van der Waals surface area contributed by atoms with Crippen molar-refractivity contribution < 1.29 is 22.9 Å². The first-order chi connectivity index (χ1) is 20.3. The minimum atomic E-state index is -4.36. The van der Waals surface area contributed by atoms with Crippen LogP contribution in [0.15, 0.2) is 72.9 Å². The van der Waals surface area contributed by atoms with E-state index >= 15 is 0 Å². The van der Waals surface area contributed by atoms with Crippen molar-refractivity contribution in [3.8, 4) is 0 Å². The maximum absolute atomic E-state index is 12.4. The summed E-state index contributed by atoms with van der Waals surface area (Å²) in [6, 6.07) is -1.10. The summed E-state index contributed by atoms with van der Waals surface area (Å²) < 4.78 is 32.2. The van der Waals surface area contributed by atoms with Crippen molar-refractivity contribution >= 4 is 16.0 Å². The van der Waals surface area contributed by atoms with Crippen LogP contribution in [-0.2, 0) is 14.9 Å². The van der Waals surface area contributed by atoms with Crippen LogP contribution in [-0.4, -0.2) is 41.9 Å². The van der Waals surface area contributed by atoms with Gasteiger partial charge in [-0.1, -0.05) is 119 Å². The minimum Gasteiger partial charge on any atom is -0.387 e. The number of allylic oxidation sites excluding steroid dienone is 11. The number of nitrogens with one attached hydrogen (secondary N) is 1. The molecule has 0 saturated carbocycles. The lowest BCUT2D eigenvalue weighted by Crippen LogP contribution is -2.46. The van der Waals surface area contributed by atoms with Crippen molar-refractivity contribution in [2.24, 2.45) is 0 Å². The number of rotatable bonds is 27. The normalized spacial score (nSPS) is 14.5. The summed E-state index contributed by atoms with van der Waals surface area (Å²) in [5, 5.41) is 13.1. The van der Waals surface area contributed by atoms with E-state index in [1.165, 1.54) is 44.6 Å². The van der Waals surface area contributed by atoms with E-state index in [4.69, 9.17) is 0 Å². The first-order valence-corrected chi connectivity index (χ1v) is 17.7. The van der Waals surface area contributed by atoms with Gasteiger partial charge in [-0.2, -0.15) is 8.42 Å². The van der Waals surface area contributed by atoms with Crippen molar-refractivity contribution in [2.75, 3.05) is 5.75 Å². The Bertz CT molecular complexity index is 931. The molecule has 0 bridgehead atoms. The molecule has 2 unspecified atom stereocenters. The zero-order chi connectivity index (χ0) is 31.2. The van der Waals surface area contributed by atoms with E-state index in [1.54, 1.807) is 6.08 Å². The van der Waals surface area contributed by atoms with Gasteiger partial charge in [0.1, 0.15) is 0 Å². The molecule has 0 aliphatic heterocycles. The number of aliphatic hydroxyl groups is 1. The van der Waals surface area contributed by atoms with Crippen LogP contribution in [0.2, 0.25) is 0 Å². The van der Waals surface area contributed by atoms with E-state index in [1.807, 2.05) is 0 Å². The molecule has 0 fully saturated rings. The summed E-state index contributed by atoms with van der Waals surface area (Å²) in [5.74, 6) is -1.07. The molecule has 0 aromatic rings. The van der Waals surface area contributed by atoms with Gasteiger partial charge < -0.3 is 10.4 Å². The van der Waals surface area contributed by atoms with Crippen LogP contribution in [0.3, 0.4) is 0 Å². The standard InChI is InChI=1S/C35H59NO5S/c1-3-5-7-9-11-13-15-17-18-19-21-23-25-27-29-31-35(38)36-33(32-42(39,40)41)34(37)30-28-26-24-22-20-16-14-12-10-8-6-4-2/h5,7,11,13,17-18,20-23,28,30,33-34,37H,3-4,6,8-10,12,14-16,19,24-27,29,31-32H2,1-2H3,(H,36,38)(H,39,40,41)/b7-5-,13-11-,18-17-,22-20+,23-21-,30-28+. The highest BCUT2D eigenvalue weighted by atomic mass is 32.2. The van der Waals surface area contributed by atoms with Crippen LogP contribution < -0.4 is 5.32 Å². The van der Waals surface area contributed by atoms with Gasteiger partial charge in [-0.3, -0.25) is 9.35 Å². The third-order valence-corrected chi connectivity index (χ3v) is 7.40. The average molecular weight is 606 g/mol. The minimum absolute atomic E-state index is 0.231. The van der Waals surface area contributed by atoms with Gasteiger partial charge in [-0.25, -0.2) is 0 Å². The largest absolute Gasteiger partial charge is 0.387 e. The summed E-state index contributed by atoms with van der Waals surface area (Å²) in [6.45, 7) is 4.35. The third-order valence-electron chi connectivity index (χ3n) is 6.62. The highest BCUT2D eigenvalue weighted by Crippen LogP contribution is 2.09. The molecule has 0 spiro atoms. The Labute approximate surface area is 257 Å². The second-order valence-electron chi connectivity index (χ2n) is 10.7. The number of hydrogen-bond donors (Lipinski definition) is 3. The summed E-state index contributed by atoms with van der Waals surface area (Å²) in [6.07, 6.45) is 40.3. The fourth-order valence-electron chi connectivity index (χ4n) is 4.22. The van der Waals surface area contributed by atoms with Gasteiger partial charge in [0, 0.05) is 6.42 Å². The number of hydrogen-bond acceptors (Lipinski definition) is 4. The van der Waals surface area contributed by atoms with Crippen LogP contribution >= 0.6 is 0 Å². The van der Waals surface area contributed by atoms with E-state index in [2.05, 4.69) is 79.9 Å². The second kappa shape index (κ2) is 28.9. The fraction of sp³-hybridized carbons (Fsp3) is 0.629. The first kappa shape index (κ1) is 39.8. The molecule has 0 aliphatic rings. The van der Waals surface area contributed by atoms with Crippen LogP contribution in [0.4, 0.5) is 0 Å². The number of amides is 1. The van der Waals surface area contributed by atoms with E-state index in [0.29, 0.717) is 12.8 Å². The van der Waals surface area contributed by atoms with Crippen molar-refractivity contribution in [1.29, 1.82) is 0 Å². The molecule has 0 rings (SSSR count). The molecule has 7 heteroatoms. The average Bonchev–Trinajstić information content (AvgIpc) is 2.94. The summed E-state index contributed by atoms with van der Waals surface area (Å²) in [4.78, 5) is 12.4. The van der Waals surface area contributed by atoms with Crippen molar-refractivity contribution in [2.45, 2.75) is 135 Å². The molecule has 6 nitrogen and oxygen atoms in total. The number of carbonyl (C=O) groups is 1. The van der Waals surface area contributed by atoms with Crippen LogP contribution in [0.1, 0.15) is 123 Å². The molecule has 0 aromatic heterocycles. The van der Waals surface area contributed by atoms with Gasteiger partial charge in [0.25, 0.3) is 10.1 Å². The van der Waals surface area contributed by atoms with Gasteiger partial charge in [0.2, 0.25) is 5.91 Å². The highest BCUT2D eigenvalue weighted by molar-refractivity contribution is 7.85. The lowest BCUT2D eigenvalue weighted by atomic mass is 10.1. The van der Waals surface area contributed by atoms with Crippen LogP contribution in [0.5, 0.6) is 0 Å². The Morgan fingerprint density at radius 3 is 1.79 bits per heavy atom. The molecule has 42 heavy (non-hydrogen) atoms. The van der Waals surface area contributed by atoms with E-state index in [9.17, 15) is 22.9 Å². The number of carbonyl (C=O) groups excluding carboxylic acids is 1. The Kier molecular flexibility index (Phi) is 27.4. The molecule has 0 aliphatic carbocycles. The Balaban J connectivity index is 4.23. The Morgan fingerprint density at radius 2 is 1.17 bits per heavy atom. The quantitative estimate of drug-likeness (QED) is 0.0493. The van der Waals surface area contributed by atoms with Gasteiger partial charge in [-0.15, -0.1) is 0 Å². The van der Waals surface area contributed by atoms with Gasteiger partial charge in [0.05, 0.1) is 17.9 Å². The van der Waals surface area contributed by atoms with Gasteiger partial charge in [0.15, 0.2) is 0 Å². The van der Waals surface area contributed by atoms with Gasteiger partial charge in [-0.05, 0) is 70.6 Å². The fourth-order valence-corrected chi connectivity index (χ4v) is 4.95. The molecule has 1 amide bonds. The lowest BCUT2D eigenvalue weighted by molar-refractivity contribution is -0.122. The summed E-state index contributed by atoms with van der Waals surface area (Å²) in [5.41, 5.74) is 0. The smallest absolute Gasteiger partial charge is 0.267 e. The Hall–Kier alpha value is -2.22. The van der Waals surface area contributed by atoms with Crippen LogP contribution in [0, 0.1) is 0 Å². The summed E-state index contributed by atoms with van der Waals surface area (Å²) in [7, 11) is -4.36. The molecule has 0 saturated heterocycles. The van der Waals surface area contributed by atoms with Crippen molar-refractivity contribution in [3.05, 3.63) is 72.9 Å². The molecule has 0 aromatic carbocycles.